The van der Waals surface area contributed by atoms with Gasteiger partial charge in [0.1, 0.15) is 5.76 Å². The maximum atomic E-state index is 12.2. The molecule has 0 aliphatic carbocycles. The molecule has 0 radical (unpaired) electrons. The molecule has 2 saturated heterocycles. The molecule has 3 heterocycles. The number of hydrogen-bond acceptors (Lipinski definition) is 5. The van der Waals surface area contributed by atoms with Crippen molar-refractivity contribution in [3.05, 3.63) is 17.8 Å². The van der Waals surface area contributed by atoms with Gasteiger partial charge in [0.15, 0.2) is 12.1 Å². The van der Waals surface area contributed by atoms with Crippen LogP contribution in [0.3, 0.4) is 0 Å². The van der Waals surface area contributed by atoms with Crippen molar-refractivity contribution >= 4 is 5.91 Å². The van der Waals surface area contributed by atoms with Crippen LogP contribution in [-0.2, 0) is 11.2 Å². The maximum absolute atomic E-state index is 12.2. The predicted molar refractivity (Wildman–Crippen MR) is 72.5 cm³/mol. The van der Waals surface area contributed by atoms with Gasteiger partial charge in [-0.3, -0.25) is 9.69 Å². The molecule has 1 N–H and O–H groups in total. The van der Waals surface area contributed by atoms with Crippen molar-refractivity contribution in [1.82, 2.24) is 15.2 Å². The van der Waals surface area contributed by atoms with Crippen molar-refractivity contribution < 1.29 is 13.9 Å². The van der Waals surface area contributed by atoms with Gasteiger partial charge in [0, 0.05) is 31.6 Å². The smallest absolute Gasteiger partial charge is 0.273 e. The van der Waals surface area contributed by atoms with E-state index in [9.17, 15) is 4.79 Å². The van der Waals surface area contributed by atoms with Crippen LogP contribution in [0, 0.1) is 0 Å². The Balaban J connectivity index is 1.60. The molecule has 0 saturated carbocycles. The Labute approximate surface area is 118 Å². The summed E-state index contributed by atoms with van der Waals surface area (Å²) in [5, 5.41) is 3.07. The van der Waals surface area contributed by atoms with Crippen molar-refractivity contribution in [2.75, 3.05) is 19.7 Å². The molecule has 3 rings (SSSR count). The summed E-state index contributed by atoms with van der Waals surface area (Å²) < 4.78 is 10.9. The van der Waals surface area contributed by atoms with Gasteiger partial charge in [-0.2, -0.15) is 0 Å². The number of oxazole rings is 1. The highest BCUT2D eigenvalue weighted by Crippen LogP contribution is 2.23. The Kier molecular flexibility index (Phi) is 3.76. The number of aryl methyl sites for hydroxylation is 1. The zero-order valence-corrected chi connectivity index (χ0v) is 12.0. The van der Waals surface area contributed by atoms with Crippen LogP contribution in [0.1, 0.15) is 36.5 Å². The molecular formula is C14H21N3O3. The van der Waals surface area contributed by atoms with E-state index in [0.717, 1.165) is 26.1 Å². The summed E-state index contributed by atoms with van der Waals surface area (Å²) in [5.74, 6) is 0.518. The standard InChI is InChI=1S/C14H21N3O3/c1-3-12-13(15-8-20-12)14(18)16-10-4-11-7-19-9(2)5-17(11)6-10/h8-11H,3-7H2,1-2H3,(H,16,18)/t9-,10-,11-/m0/s1. The lowest BCUT2D eigenvalue weighted by Gasteiger charge is -2.33. The molecule has 3 atom stereocenters. The Morgan fingerprint density at radius 2 is 2.40 bits per heavy atom. The minimum absolute atomic E-state index is 0.130. The highest BCUT2D eigenvalue weighted by molar-refractivity contribution is 5.93. The van der Waals surface area contributed by atoms with Crippen molar-refractivity contribution in [3.63, 3.8) is 0 Å². The number of hydrogen-bond donors (Lipinski definition) is 1. The second kappa shape index (κ2) is 5.54. The number of aromatic nitrogens is 1. The molecule has 0 bridgehead atoms. The van der Waals surface area contributed by atoms with Crippen LogP contribution in [0.2, 0.25) is 0 Å². The molecule has 2 fully saturated rings. The minimum atomic E-state index is -0.130. The fourth-order valence-electron chi connectivity index (χ4n) is 3.10. The van der Waals surface area contributed by atoms with Gasteiger partial charge in [-0.15, -0.1) is 0 Å². The number of fused-ring (bicyclic) bond motifs is 1. The first-order valence-electron chi connectivity index (χ1n) is 7.26. The van der Waals surface area contributed by atoms with Crippen LogP contribution in [-0.4, -0.2) is 53.7 Å². The zero-order valence-electron chi connectivity index (χ0n) is 12.0. The van der Waals surface area contributed by atoms with Crippen LogP contribution in [0.4, 0.5) is 0 Å². The summed E-state index contributed by atoms with van der Waals surface area (Å²) >= 11 is 0. The van der Waals surface area contributed by atoms with E-state index in [1.807, 2.05) is 6.92 Å². The monoisotopic (exact) mass is 279 g/mol. The molecule has 0 unspecified atom stereocenters. The van der Waals surface area contributed by atoms with E-state index in [-0.39, 0.29) is 18.1 Å². The summed E-state index contributed by atoms with van der Waals surface area (Å²) in [4.78, 5) is 18.6. The molecular weight excluding hydrogens is 258 g/mol. The summed E-state index contributed by atoms with van der Waals surface area (Å²) in [5.41, 5.74) is 0.419. The quantitative estimate of drug-likeness (QED) is 0.887. The molecule has 1 aromatic heterocycles. The molecule has 1 aromatic rings. The second-order valence-electron chi connectivity index (χ2n) is 5.64. The number of morpholine rings is 1. The number of rotatable bonds is 3. The largest absolute Gasteiger partial charge is 0.448 e. The second-order valence-corrected chi connectivity index (χ2v) is 5.64. The summed E-state index contributed by atoms with van der Waals surface area (Å²) in [6, 6.07) is 0.599. The molecule has 20 heavy (non-hydrogen) atoms. The van der Waals surface area contributed by atoms with Gasteiger partial charge >= 0.3 is 0 Å². The number of nitrogens with zero attached hydrogens (tertiary/aromatic N) is 2. The summed E-state index contributed by atoms with van der Waals surface area (Å²) in [7, 11) is 0. The molecule has 1 amide bonds. The van der Waals surface area contributed by atoms with E-state index in [1.54, 1.807) is 0 Å². The van der Waals surface area contributed by atoms with Crippen LogP contribution in [0.5, 0.6) is 0 Å². The van der Waals surface area contributed by atoms with E-state index in [1.165, 1.54) is 6.39 Å². The van der Waals surface area contributed by atoms with E-state index in [2.05, 4.69) is 22.1 Å². The molecule has 6 heteroatoms. The van der Waals surface area contributed by atoms with Crippen LogP contribution >= 0.6 is 0 Å². The van der Waals surface area contributed by atoms with Gasteiger partial charge < -0.3 is 14.5 Å². The Hall–Kier alpha value is -1.40. The number of amides is 1. The fourth-order valence-corrected chi connectivity index (χ4v) is 3.10. The Bertz CT molecular complexity index is 488. The first-order chi connectivity index (χ1) is 9.67. The van der Waals surface area contributed by atoms with Crippen molar-refractivity contribution in [1.29, 1.82) is 0 Å². The Morgan fingerprint density at radius 1 is 1.55 bits per heavy atom. The summed E-state index contributed by atoms with van der Waals surface area (Å²) in [6.45, 7) is 6.64. The average Bonchev–Trinajstić information content (AvgIpc) is 3.03. The van der Waals surface area contributed by atoms with Gasteiger partial charge in [-0.25, -0.2) is 4.98 Å². The van der Waals surface area contributed by atoms with Gasteiger partial charge in [0.05, 0.1) is 12.7 Å². The lowest BCUT2D eigenvalue weighted by atomic mass is 10.1. The first kappa shape index (κ1) is 13.6. The third-order valence-electron chi connectivity index (χ3n) is 4.10. The minimum Gasteiger partial charge on any atom is -0.448 e. The van der Waals surface area contributed by atoms with E-state index in [0.29, 0.717) is 23.9 Å². The highest BCUT2D eigenvalue weighted by Gasteiger charge is 2.37. The number of ether oxygens (including phenoxy) is 1. The predicted octanol–water partition coefficient (Wildman–Crippen LogP) is 0.828. The van der Waals surface area contributed by atoms with Gasteiger partial charge in [-0.05, 0) is 13.3 Å². The van der Waals surface area contributed by atoms with Crippen LogP contribution < -0.4 is 5.32 Å². The van der Waals surface area contributed by atoms with Crippen molar-refractivity contribution in [3.8, 4) is 0 Å². The molecule has 0 spiro atoms. The van der Waals surface area contributed by atoms with E-state index in [4.69, 9.17) is 9.15 Å². The Morgan fingerprint density at radius 3 is 3.20 bits per heavy atom. The van der Waals surface area contributed by atoms with Crippen molar-refractivity contribution in [2.45, 2.75) is 44.9 Å². The average molecular weight is 279 g/mol. The lowest BCUT2D eigenvalue weighted by molar-refractivity contribution is -0.0390. The topological polar surface area (TPSA) is 67.6 Å². The van der Waals surface area contributed by atoms with Gasteiger partial charge in [0.2, 0.25) is 0 Å². The number of carbonyl (C=O) groups excluding carboxylic acids is 1. The number of carbonyl (C=O) groups is 1. The third kappa shape index (κ3) is 2.58. The maximum Gasteiger partial charge on any atom is 0.273 e. The lowest BCUT2D eigenvalue weighted by Crippen LogP contribution is -2.45. The number of nitrogens with one attached hydrogen (secondary N) is 1. The van der Waals surface area contributed by atoms with E-state index >= 15 is 0 Å². The van der Waals surface area contributed by atoms with Gasteiger partial charge in [-0.1, -0.05) is 6.92 Å². The van der Waals surface area contributed by atoms with Gasteiger partial charge in [0.25, 0.3) is 5.91 Å². The van der Waals surface area contributed by atoms with Crippen LogP contribution in [0.15, 0.2) is 10.8 Å². The molecule has 6 nitrogen and oxygen atoms in total. The van der Waals surface area contributed by atoms with E-state index < -0.39 is 0 Å². The molecule has 0 aromatic carbocycles. The normalized spacial score (nSPS) is 30.2. The third-order valence-corrected chi connectivity index (χ3v) is 4.10. The molecule has 110 valence electrons. The van der Waals surface area contributed by atoms with Crippen LogP contribution in [0.25, 0.3) is 0 Å². The fraction of sp³-hybridized carbons (Fsp3) is 0.714. The molecule has 2 aliphatic rings. The van der Waals surface area contributed by atoms with Crippen molar-refractivity contribution in [2.24, 2.45) is 0 Å². The highest BCUT2D eigenvalue weighted by atomic mass is 16.5. The molecule has 2 aliphatic heterocycles. The zero-order chi connectivity index (χ0) is 14.1. The SMILES string of the molecule is CCc1ocnc1C(=O)N[C@H]1C[C@H]2CO[C@@H](C)CN2C1. The first-order valence-corrected chi connectivity index (χ1v) is 7.26. The summed E-state index contributed by atoms with van der Waals surface area (Å²) in [6.07, 6.45) is 3.23.